The van der Waals surface area contributed by atoms with Crippen molar-refractivity contribution in [3.63, 3.8) is 0 Å². The Balaban J connectivity index is 2.08. The van der Waals surface area contributed by atoms with E-state index < -0.39 is 11.2 Å². The van der Waals surface area contributed by atoms with Crippen molar-refractivity contribution in [1.29, 1.82) is 0 Å². The van der Waals surface area contributed by atoms with Crippen molar-refractivity contribution in [2.75, 3.05) is 0 Å². The van der Waals surface area contributed by atoms with Crippen LogP contribution in [0.5, 0.6) is 0 Å². The summed E-state index contributed by atoms with van der Waals surface area (Å²) in [5, 5.41) is 10.8. The minimum atomic E-state index is -0.876. The molecule has 1 N–H and O–H groups in total. The van der Waals surface area contributed by atoms with E-state index in [1.165, 1.54) is 0 Å². The summed E-state index contributed by atoms with van der Waals surface area (Å²) in [5.41, 5.74) is 0.341. The fourth-order valence-corrected chi connectivity index (χ4v) is 3.94. The first-order valence-electron chi connectivity index (χ1n) is 6.93. The Morgan fingerprint density at radius 3 is 2.67 bits per heavy atom. The maximum absolute atomic E-state index is 12.0. The van der Waals surface area contributed by atoms with Gasteiger partial charge in [-0.3, -0.25) is 4.79 Å². The topological polar surface area (TPSA) is 46.5 Å². The number of Topliss-reactive ketones (excluding diaryl/α,β-unsaturated/α-hetero) is 1. The van der Waals surface area contributed by atoms with Gasteiger partial charge in [-0.05, 0) is 49.7 Å². The molecule has 4 rings (SSSR count). The summed E-state index contributed by atoms with van der Waals surface area (Å²) in [6, 6.07) is 0. The second-order valence-corrected chi connectivity index (χ2v) is 6.73. The molecule has 2 saturated heterocycles. The number of aliphatic hydroxyl groups is 1. The molecule has 1 spiro atoms. The molecule has 2 heterocycles. The van der Waals surface area contributed by atoms with Crippen LogP contribution >= 0.6 is 0 Å². The summed E-state index contributed by atoms with van der Waals surface area (Å²) in [4.78, 5) is 12.0. The molecule has 0 amide bonds. The number of rotatable bonds is 1. The Morgan fingerprint density at radius 1 is 1.44 bits per heavy atom. The lowest BCUT2D eigenvalue weighted by molar-refractivity contribution is -0.323. The molecular weight excluding hydrogens is 228 g/mol. The van der Waals surface area contributed by atoms with Crippen molar-refractivity contribution in [3.05, 3.63) is 11.1 Å². The van der Waals surface area contributed by atoms with Gasteiger partial charge in [0.25, 0.3) is 0 Å². The molecule has 3 heteroatoms. The average Bonchev–Trinajstić information content (AvgIpc) is 2.46. The quantitative estimate of drug-likeness (QED) is 0.776. The molecule has 1 saturated carbocycles. The summed E-state index contributed by atoms with van der Waals surface area (Å²) < 4.78 is 6.02. The minimum absolute atomic E-state index is 0.110. The van der Waals surface area contributed by atoms with Crippen LogP contribution < -0.4 is 0 Å². The van der Waals surface area contributed by atoms with Crippen LogP contribution in [0.15, 0.2) is 11.1 Å². The summed E-state index contributed by atoms with van der Waals surface area (Å²) >= 11 is 0. The van der Waals surface area contributed by atoms with Gasteiger partial charge < -0.3 is 9.84 Å². The van der Waals surface area contributed by atoms with Gasteiger partial charge >= 0.3 is 0 Å². The third kappa shape index (κ3) is 1.24. The predicted octanol–water partition coefficient (Wildman–Crippen LogP) is 2.23. The summed E-state index contributed by atoms with van der Waals surface area (Å²) in [7, 11) is 0. The maximum atomic E-state index is 12.0. The molecule has 4 aliphatic rings. The standard InChI is InChI=1S/C15H22O3/c1-8(2)10-5-11-9(3)12(16)7-15(11)14(4,17)13(6-10)18-15/h8,10,13,17H,5-7H2,1-4H3/t10-,13-,14-,15+/m0/s1. The molecule has 0 radical (unpaired) electrons. The first-order chi connectivity index (χ1) is 8.29. The molecule has 0 aromatic carbocycles. The van der Waals surface area contributed by atoms with Crippen molar-refractivity contribution >= 4 is 5.78 Å². The summed E-state index contributed by atoms with van der Waals surface area (Å²) in [5.74, 6) is 1.20. The van der Waals surface area contributed by atoms with E-state index in [1.807, 2.05) is 13.8 Å². The highest BCUT2D eigenvalue weighted by atomic mass is 16.6. The van der Waals surface area contributed by atoms with Gasteiger partial charge in [0.2, 0.25) is 0 Å². The number of ketones is 1. The van der Waals surface area contributed by atoms with Crippen LogP contribution in [-0.4, -0.2) is 28.2 Å². The van der Waals surface area contributed by atoms with E-state index in [0.29, 0.717) is 18.3 Å². The lowest BCUT2D eigenvalue weighted by Gasteiger charge is -2.57. The lowest BCUT2D eigenvalue weighted by atomic mass is 9.70. The van der Waals surface area contributed by atoms with Crippen molar-refractivity contribution in [1.82, 2.24) is 0 Å². The van der Waals surface area contributed by atoms with E-state index in [0.717, 1.165) is 24.0 Å². The van der Waals surface area contributed by atoms with E-state index in [-0.39, 0.29) is 11.9 Å². The Morgan fingerprint density at radius 2 is 2.11 bits per heavy atom. The molecule has 3 nitrogen and oxygen atoms in total. The molecule has 2 aliphatic carbocycles. The van der Waals surface area contributed by atoms with Crippen molar-refractivity contribution in [2.45, 2.75) is 64.3 Å². The van der Waals surface area contributed by atoms with E-state index >= 15 is 0 Å². The fraction of sp³-hybridized carbons (Fsp3) is 0.800. The number of hydrogen-bond donors (Lipinski definition) is 1. The Hall–Kier alpha value is -0.670. The van der Waals surface area contributed by atoms with Gasteiger partial charge in [0, 0.05) is 6.42 Å². The first-order valence-corrected chi connectivity index (χ1v) is 6.93. The van der Waals surface area contributed by atoms with Gasteiger partial charge in [-0.15, -0.1) is 0 Å². The number of carbonyl (C=O) groups excluding carboxylic acids is 1. The third-order valence-corrected chi connectivity index (χ3v) is 5.48. The van der Waals surface area contributed by atoms with Crippen molar-refractivity contribution < 1.29 is 14.6 Å². The number of ether oxygens (including phenoxy) is 1. The van der Waals surface area contributed by atoms with Gasteiger partial charge in [0.1, 0.15) is 11.2 Å². The summed E-state index contributed by atoms with van der Waals surface area (Å²) in [6.45, 7) is 8.15. The monoisotopic (exact) mass is 250 g/mol. The van der Waals surface area contributed by atoms with Crippen LogP contribution in [0.4, 0.5) is 0 Å². The zero-order valence-corrected chi connectivity index (χ0v) is 11.6. The van der Waals surface area contributed by atoms with Crippen LogP contribution in [-0.2, 0) is 9.53 Å². The van der Waals surface area contributed by atoms with E-state index in [4.69, 9.17) is 4.74 Å². The Labute approximate surface area is 108 Å². The molecule has 2 aliphatic heterocycles. The SMILES string of the molecule is CC1=C2C[C@H](C(C)C)C[C@@H]3O[C@@]2(CC1=O)[C@@]3(C)O. The Bertz CT molecular complexity index is 447. The second kappa shape index (κ2) is 3.45. The normalized spacial score (nSPS) is 47.1. The highest BCUT2D eigenvalue weighted by molar-refractivity contribution is 6.00. The Kier molecular flexibility index (Phi) is 2.37. The fourth-order valence-electron chi connectivity index (χ4n) is 3.94. The highest BCUT2D eigenvalue weighted by Gasteiger charge is 2.70. The van der Waals surface area contributed by atoms with Crippen LogP contribution in [0.2, 0.25) is 0 Å². The maximum Gasteiger partial charge on any atom is 0.161 e. The molecule has 3 fully saturated rings. The first kappa shape index (κ1) is 12.4. The lowest BCUT2D eigenvalue weighted by Crippen LogP contribution is -2.72. The van der Waals surface area contributed by atoms with Crippen LogP contribution in [0, 0.1) is 11.8 Å². The van der Waals surface area contributed by atoms with Crippen molar-refractivity contribution in [2.24, 2.45) is 11.8 Å². The minimum Gasteiger partial charge on any atom is -0.384 e. The molecule has 2 bridgehead atoms. The smallest absolute Gasteiger partial charge is 0.161 e. The molecular formula is C15H22O3. The second-order valence-electron chi connectivity index (χ2n) is 6.73. The van der Waals surface area contributed by atoms with Gasteiger partial charge in [-0.2, -0.15) is 0 Å². The molecule has 0 aromatic rings. The highest BCUT2D eigenvalue weighted by Crippen LogP contribution is 2.60. The van der Waals surface area contributed by atoms with Crippen LogP contribution in [0.1, 0.15) is 47.0 Å². The number of hydrogen-bond acceptors (Lipinski definition) is 3. The number of fused-ring (bicyclic) bond motifs is 2. The summed E-state index contributed by atoms with van der Waals surface area (Å²) in [6.07, 6.45) is 2.03. The van der Waals surface area contributed by atoms with E-state index in [2.05, 4.69) is 13.8 Å². The number of carbonyl (C=O) groups is 1. The number of allylic oxidation sites excluding steroid dienone is 1. The van der Waals surface area contributed by atoms with Crippen LogP contribution in [0.25, 0.3) is 0 Å². The largest absolute Gasteiger partial charge is 0.384 e. The average molecular weight is 250 g/mol. The van der Waals surface area contributed by atoms with Gasteiger partial charge in [-0.1, -0.05) is 13.8 Å². The zero-order chi connectivity index (χ0) is 13.3. The van der Waals surface area contributed by atoms with Crippen LogP contribution in [0.3, 0.4) is 0 Å². The van der Waals surface area contributed by atoms with Crippen molar-refractivity contribution in [3.8, 4) is 0 Å². The zero-order valence-electron chi connectivity index (χ0n) is 11.6. The predicted molar refractivity (Wildman–Crippen MR) is 68.1 cm³/mol. The molecule has 0 aromatic heterocycles. The molecule has 100 valence electrons. The third-order valence-electron chi connectivity index (χ3n) is 5.48. The van der Waals surface area contributed by atoms with Gasteiger partial charge in [0.05, 0.1) is 6.10 Å². The molecule has 18 heavy (non-hydrogen) atoms. The van der Waals surface area contributed by atoms with Gasteiger partial charge in [0.15, 0.2) is 5.78 Å². The molecule has 0 unspecified atom stereocenters. The van der Waals surface area contributed by atoms with E-state index in [9.17, 15) is 9.90 Å². The van der Waals surface area contributed by atoms with Gasteiger partial charge in [-0.25, -0.2) is 0 Å². The molecule has 4 atom stereocenters. The van der Waals surface area contributed by atoms with E-state index in [1.54, 1.807) is 0 Å².